The molecule has 0 aliphatic heterocycles. The van der Waals surface area contributed by atoms with Crippen molar-refractivity contribution in [2.45, 2.75) is 25.7 Å². The molecular formula is C64H46N2O. The van der Waals surface area contributed by atoms with Crippen LogP contribution in [0.4, 0.5) is 0 Å². The van der Waals surface area contributed by atoms with Gasteiger partial charge in [-0.25, -0.2) is 0 Å². The number of aromatic nitrogens is 2. The number of benzene rings is 9. The molecule has 12 aromatic rings. The normalized spacial score (nSPS) is 13.1. The van der Waals surface area contributed by atoms with Gasteiger partial charge in [0.1, 0.15) is 11.2 Å². The van der Waals surface area contributed by atoms with E-state index in [9.17, 15) is 0 Å². The standard InChI is InChI=1S/C64H46N2O/c1-4-57-48(49-23-11-14-27-58(49)66(57)47-38-44(42-19-7-5-8-20-42)37-45(39-47)43-21-9-6-10-22-43)26-17-18-41-30-35-60-54(36-41)50-24-12-15-28-59(50)65(60)46-31-32-53-56(40-46)64(2,3)55-34-33-52-51-25-13-16-29-61(51)67-63(52)62(53)55/h4-17,19-40H,1,18H2,2-3H3/b26-17-. The molecule has 318 valence electrons. The number of hydrogen-bond donors (Lipinski definition) is 0. The summed E-state index contributed by atoms with van der Waals surface area (Å²) in [6.45, 7) is 9.09. The van der Waals surface area contributed by atoms with Crippen molar-refractivity contribution in [1.82, 2.24) is 9.13 Å². The Morgan fingerprint density at radius 2 is 1.13 bits per heavy atom. The van der Waals surface area contributed by atoms with Crippen LogP contribution in [-0.4, -0.2) is 9.13 Å². The SMILES string of the molecule is C=Cc1c(/C=C\Cc2ccc3c(c2)c2ccccc2n3-c2ccc3c(c2)C(C)(C)c2ccc4c(oc5ccccc54)c2-3)c2ccccc2n1-c1cc(-c2ccccc2)cc(-c2ccccc2)c1. The van der Waals surface area contributed by atoms with Gasteiger partial charge < -0.3 is 13.6 Å². The maximum Gasteiger partial charge on any atom is 0.143 e. The molecule has 0 atom stereocenters. The Balaban J connectivity index is 0.878. The van der Waals surface area contributed by atoms with Gasteiger partial charge >= 0.3 is 0 Å². The van der Waals surface area contributed by atoms with Crippen molar-refractivity contribution in [3.8, 4) is 44.8 Å². The minimum absolute atomic E-state index is 0.193. The molecule has 0 amide bonds. The first kappa shape index (κ1) is 39.0. The molecule has 1 aliphatic carbocycles. The quantitative estimate of drug-likeness (QED) is 0.149. The molecule has 13 rings (SSSR count). The molecule has 1 aliphatic rings. The summed E-state index contributed by atoms with van der Waals surface area (Å²) in [4.78, 5) is 0. The average Bonchev–Trinajstić information content (AvgIpc) is 4.09. The predicted octanol–water partition coefficient (Wildman–Crippen LogP) is 17.2. The maximum atomic E-state index is 6.60. The highest BCUT2D eigenvalue weighted by molar-refractivity contribution is 6.12. The zero-order valence-electron chi connectivity index (χ0n) is 37.5. The van der Waals surface area contributed by atoms with E-state index in [0.29, 0.717) is 0 Å². The fourth-order valence-electron chi connectivity index (χ4n) is 11.1. The summed E-state index contributed by atoms with van der Waals surface area (Å²) in [5.41, 5.74) is 20.9. The Bertz CT molecular complexity index is 3930. The van der Waals surface area contributed by atoms with Gasteiger partial charge in [0, 0.05) is 54.8 Å². The average molecular weight is 859 g/mol. The van der Waals surface area contributed by atoms with Crippen LogP contribution in [-0.2, 0) is 11.8 Å². The molecule has 3 nitrogen and oxygen atoms in total. The minimum Gasteiger partial charge on any atom is -0.455 e. The molecule has 3 heterocycles. The van der Waals surface area contributed by atoms with E-state index in [-0.39, 0.29) is 5.41 Å². The second-order valence-electron chi connectivity index (χ2n) is 18.5. The summed E-state index contributed by atoms with van der Waals surface area (Å²) in [6.07, 6.45) is 7.41. The second kappa shape index (κ2) is 15.1. The Hall–Kier alpha value is -8.40. The van der Waals surface area contributed by atoms with Gasteiger partial charge in [-0.3, -0.25) is 0 Å². The number of fused-ring (bicyclic) bond motifs is 11. The molecule has 67 heavy (non-hydrogen) atoms. The molecule has 3 heteroatoms. The van der Waals surface area contributed by atoms with Gasteiger partial charge in [-0.2, -0.15) is 0 Å². The molecule has 0 spiro atoms. The number of para-hydroxylation sites is 3. The summed E-state index contributed by atoms with van der Waals surface area (Å²) in [5.74, 6) is 0. The van der Waals surface area contributed by atoms with Gasteiger partial charge in [-0.15, -0.1) is 0 Å². The topological polar surface area (TPSA) is 23.0 Å². The van der Waals surface area contributed by atoms with Crippen molar-refractivity contribution in [3.63, 3.8) is 0 Å². The Morgan fingerprint density at radius 3 is 1.87 bits per heavy atom. The Morgan fingerprint density at radius 1 is 0.493 bits per heavy atom. The number of nitrogens with zero attached hydrogens (tertiary/aromatic N) is 2. The molecule has 0 saturated carbocycles. The lowest BCUT2D eigenvalue weighted by molar-refractivity contribution is 0.653. The molecule has 9 aromatic carbocycles. The van der Waals surface area contributed by atoms with Crippen molar-refractivity contribution < 1.29 is 4.42 Å². The minimum atomic E-state index is -0.193. The van der Waals surface area contributed by atoms with Crippen molar-refractivity contribution in [2.24, 2.45) is 0 Å². The lowest BCUT2D eigenvalue weighted by Gasteiger charge is -2.22. The Kier molecular flexibility index (Phi) is 8.78. The fraction of sp³-hybridized carbons (Fsp3) is 0.0625. The van der Waals surface area contributed by atoms with E-state index in [4.69, 9.17) is 4.42 Å². The highest BCUT2D eigenvalue weighted by Crippen LogP contribution is 2.53. The number of rotatable bonds is 8. The first-order chi connectivity index (χ1) is 32.9. The fourth-order valence-corrected chi connectivity index (χ4v) is 11.1. The third kappa shape index (κ3) is 6.05. The van der Waals surface area contributed by atoms with Crippen LogP contribution in [0.15, 0.2) is 217 Å². The number of allylic oxidation sites excluding steroid dienone is 1. The summed E-state index contributed by atoms with van der Waals surface area (Å²) < 4.78 is 11.4. The molecule has 0 unspecified atom stereocenters. The third-order valence-corrected chi connectivity index (χ3v) is 14.3. The van der Waals surface area contributed by atoms with E-state index in [2.05, 4.69) is 242 Å². The molecule has 0 N–H and O–H groups in total. The van der Waals surface area contributed by atoms with Crippen LogP contribution in [0.1, 0.15) is 41.8 Å². The predicted molar refractivity (Wildman–Crippen MR) is 283 cm³/mol. The molecule has 0 bridgehead atoms. The summed E-state index contributed by atoms with van der Waals surface area (Å²) in [7, 11) is 0. The van der Waals surface area contributed by atoms with E-state index < -0.39 is 0 Å². The highest BCUT2D eigenvalue weighted by Gasteiger charge is 2.38. The van der Waals surface area contributed by atoms with Crippen molar-refractivity contribution in [3.05, 3.63) is 241 Å². The van der Waals surface area contributed by atoms with Gasteiger partial charge in [0.25, 0.3) is 0 Å². The smallest absolute Gasteiger partial charge is 0.143 e. The van der Waals surface area contributed by atoms with Crippen molar-refractivity contribution in [2.75, 3.05) is 0 Å². The number of hydrogen-bond acceptors (Lipinski definition) is 1. The molecule has 0 fully saturated rings. The second-order valence-corrected chi connectivity index (χ2v) is 18.5. The molecule has 0 saturated heterocycles. The van der Waals surface area contributed by atoms with Gasteiger partial charge in [0.2, 0.25) is 0 Å². The van der Waals surface area contributed by atoms with E-state index in [0.717, 1.165) is 51.1 Å². The lowest BCUT2D eigenvalue weighted by Crippen LogP contribution is -2.15. The van der Waals surface area contributed by atoms with E-state index in [1.54, 1.807) is 0 Å². The zero-order chi connectivity index (χ0) is 44.8. The Labute approximate surface area is 389 Å². The van der Waals surface area contributed by atoms with Gasteiger partial charge in [-0.05, 0) is 118 Å². The molecule has 0 radical (unpaired) electrons. The van der Waals surface area contributed by atoms with Crippen LogP contribution >= 0.6 is 0 Å². The van der Waals surface area contributed by atoms with E-state index >= 15 is 0 Å². The zero-order valence-corrected chi connectivity index (χ0v) is 37.5. The van der Waals surface area contributed by atoms with Crippen LogP contribution in [0.25, 0.3) is 112 Å². The third-order valence-electron chi connectivity index (χ3n) is 14.3. The number of furan rings is 1. The largest absolute Gasteiger partial charge is 0.455 e. The van der Waals surface area contributed by atoms with E-state index in [1.807, 2.05) is 6.08 Å². The van der Waals surface area contributed by atoms with Crippen molar-refractivity contribution in [1.29, 1.82) is 0 Å². The first-order valence-electron chi connectivity index (χ1n) is 23.3. The lowest BCUT2D eigenvalue weighted by atomic mass is 9.82. The van der Waals surface area contributed by atoms with Crippen LogP contribution < -0.4 is 0 Å². The van der Waals surface area contributed by atoms with Crippen LogP contribution in [0.3, 0.4) is 0 Å². The summed E-state index contributed by atoms with van der Waals surface area (Å²) >= 11 is 0. The molecule has 3 aromatic heterocycles. The monoisotopic (exact) mass is 858 g/mol. The molecular weight excluding hydrogens is 813 g/mol. The van der Waals surface area contributed by atoms with E-state index in [1.165, 1.54) is 82.6 Å². The summed E-state index contributed by atoms with van der Waals surface area (Å²) in [5, 5.41) is 6.03. The van der Waals surface area contributed by atoms with Gasteiger partial charge in [0.05, 0.1) is 22.2 Å². The maximum absolute atomic E-state index is 6.60. The first-order valence-corrected chi connectivity index (χ1v) is 23.3. The van der Waals surface area contributed by atoms with Gasteiger partial charge in [-0.1, -0.05) is 172 Å². The van der Waals surface area contributed by atoms with Crippen molar-refractivity contribution >= 4 is 66.8 Å². The summed E-state index contributed by atoms with van der Waals surface area (Å²) in [6, 6.07) is 72.8. The van der Waals surface area contributed by atoms with Crippen LogP contribution in [0.2, 0.25) is 0 Å². The van der Waals surface area contributed by atoms with Crippen LogP contribution in [0.5, 0.6) is 0 Å². The highest BCUT2D eigenvalue weighted by atomic mass is 16.3. The van der Waals surface area contributed by atoms with Crippen LogP contribution in [0, 0.1) is 0 Å². The van der Waals surface area contributed by atoms with Gasteiger partial charge in [0.15, 0.2) is 0 Å².